The van der Waals surface area contributed by atoms with Crippen LogP contribution < -0.4 is 21.3 Å². The van der Waals surface area contributed by atoms with Gasteiger partial charge in [-0.2, -0.15) is 0 Å². The Morgan fingerprint density at radius 2 is 1.92 bits per heavy atom. The van der Waals surface area contributed by atoms with Crippen LogP contribution in [0.25, 0.3) is 6.08 Å². The Morgan fingerprint density at radius 3 is 2.51 bits per heavy atom. The number of β-amino-alcohol motifs (C(OH)–C–C–N with tert-alkyl or cyclic N) is 1. The van der Waals surface area contributed by atoms with Gasteiger partial charge in [0.25, 0.3) is 5.91 Å². The first-order chi connectivity index (χ1) is 17.6. The summed E-state index contributed by atoms with van der Waals surface area (Å²) in [5.41, 5.74) is 0.407. The first-order valence-electron chi connectivity index (χ1n) is 11.3. The van der Waals surface area contributed by atoms with E-state index >= 15 is 0 Å². The predicted molar refractivity (Wildman–Crippen MR) is 135 cm³/mol. The van der Waals surface area contributed by atoms with Crippen LogP contribution in [0.4, 0.5) is 0 Å². The van der Waals surface area contributed by atoms with E-state index in [1.54, 1.807) is 12.1 Å². The van der Waals surface area contributed by atoms with Crippen molar-refractivity contribution in [1.82, 2.24) is 21.3 Å². The largest absolute Gasteiger partial charge is 0.480 e. The number of rotatable bonds is 11. The van der Waals surface area contributed by atoms with Crippen molar-refractivity contribution in [1.29, 1.82) is 0 Å². The number of hydrogen-bond acceptors (Lipinski definition) is 7. The number of hydrogen-bond donors (Lipinski definition) is 6. The third-order valence-corrected chi connectivity index (χ3v) is 6.09. The minimum absolute atomic E-state index is 0.0151. The number of carbonyl (C=O) groups excluding carboxylic acids is 3. The summed E-state index contributed by atoms with van der Waals surface area (Å²) >= 11 is 12.5. The van der Waals surface area contributed by atoms with Gasteiger partial charge in [0.2, 0.25) is 11.8 Å². The highest BCUT2D eigenvalue weighted by Crippen LogP contribution is 2.27. The van der Waals surface area contributed by atoms with Crippen LogP contribution in [0.5, 0.6) is 0 Å². The van der Waals surface area contributed by atoms with Gasteiger partial charge in [0.1, 0.15) is 11.8 Å². The SMILES string of the molecule is O=C(/C=C/c1ccco1)NCc1cc(Cl)c(C(=O)N[C@@H](CCNC(=O)[C@@H]2C[C@H](O)CN2)C(=O)O)c(Cl)c1. The van der Waals surface area contributed by atoms with Gasteiger partial charge < -0.3 is 35.9 Å². The minimum Gasteiger partial charge on any atom is -0.480 e. The lowest BCUT2D eigenvalue weighted by Crippen LogP contribution is -2.45. The van der Waals surface area contributed by atoms with Crippen LogP contribution in [0.1, 0.15) is 34.5 Å². The maximum atomic E-state index is 12.8. The van der Waals surface area contributed by atoms with Crippen LogP contribution in [-0.4, -0.2) is 65.2 Å². The van der Waals surface area contributed by atoms with Crippen LogP contribution in [0.3, 0.4) is 0 Å². The number of carboxylic acids is 1. The Labute approximate surface area is 222 Å². The maximum absolute atomic E-state index is 12.8. The summed E-state index contributed by atoms with van der Waals surface area (Å²) in [6.45, 7) is 0.368. The number of halogens is 2. The normalized spacial score (nSPS) is 17.9. The highest BCUT2D eigenvalue weighted by atomic mass is 35.5. The molecule has 3 amide bonds. The quantitative estimate of drug-likeness (QED) is 0.227. The second-order valence-corrected chi connectivity index (χ2v) is 9.11. The fraction of sp³-hybridized carbons (Fsp3) is 0.333. The highest BCUT2D eigenvalue weighted by Gasteiger charge is 2.28. The van der Waals surface area contributed by atoms with Crippen molar-refractivity contribution < 1.29 is 33.8 Å². The number of benzene rings is 1. The van der Waals surface area contributed by atoms with Gasteiger partial charge in [0, 0.05) is 25.7 Å². The second kappa shape index (κ2) is 13.2. The predicted octanol–water partition coefficient (Wildman–Crippen LogP) is 1.33. The summed E-state index contributed by atoms with van der Waals surface area (Å²) < 4.78 is 5.11. The van der Waals surface area contributed by atoms with Crippen molar-refractivity contribution in [3.63, 3.8) is 0 Å². The molecule has 3 atom stereocenters. The van der Waals surface area contributed by atoms with Crippen LogP contribution in [0.2, 0.25) is 10.0 Å². The Bertz CT molecular complexity index is 1150. The molecule has 1 fully saturated rings. The van der Waals surface area contributed by atoms with E-state index in [9.17, 15) is 29.4 Å². The van der Waals surface area contributed by atoms with E-state index in [4.69, 9.17) is 27.6 Å². The molecule has 198 valence electrons. The van der Waals surface area contributed by atoms with Gasteiger partial charge in [-0.05, 0) is 48.7 Å². The number of aliphatic carboxylic acids is 1. The molecule has 1 aromatic heterocycles. The summed E-state index contributed by atoms with van der Waals surface area (Å²) in [6, 6.07) is 4.40. The van der Waals surface area contributed by atoms with Gasteiger partial charge in [-0.3, -0.25) is 14.4 Å². The number of amides is 3. The molecule has 1 aliphatic rings. The van der Waals surface area contributed by atoms with Crippen molar-refractivity contribution in [3.8, 4) is 0 Å². The Morgan fingerprint density at radius 1 is 1.19 bits per heavy atom. The molecule has 3 rings (SSSR count). The van der Waals surface area contributed by atoms with E-state index in [2.05, 4.69) is 21.3 Å². The van der Waals surface area contributed by atoms with Crippen molar-refractivity contribution in [2.45, 2.75) is 37.6 Å². The molecule has 1 aliphatic heterocycles. The molecule has 1 aromatic carbocycles. The topological polar surface area (TPSA) is 170 Å². The zero-order chi connectivity index (χ0) is 26.9. The zero-order valence-electron chi connectivity index (χ0n) is 19.5. The summed E-state index contributed by atoms with van der Waals surface area (Å²) in [7, 11) is 0. The van der Waals surface area contributed by atoms with E-state index in [0.29, 0.717) is 17.9 Å². The summed E-state index contributed by atoms with van der Waals surface area (Å²) in [5, 5.41) is 29.4. The molecule has 0 aliphatic carbocycles. The van der Waals surface area contributed by atoms with Gasteiger partial charge in [-0.25, -0.2) is 4.79 Å². The zero-order valence-corrected chi connectivity index (χ0v) is 21.0. The van der Waals surface area contributed by atoms with E-state index in [1.165, 1.54) is 30.5 Å². The van der Waals surface area contributed by atoms with Crippen LogP contribution in [0, 0.1) is 0 Å². The van der Waals surface area contributed by atoms with Crippen molar-refractivity contribution >= 4 is 53.0 Å². The molecule has 0 spiro atoms. The Balaban J connectivity index is 1.54. The molecular weight excluding hydrogens is 527 g/mol. The molecule has 0 radical (unpaired) electrons. The molecule has 2 aromatic rings. The average molecular weight is 553 g/mol. The summed E-state index contributed by atoms with van der Waals surface area (Å²) in [5.74, 6) is -2.33. The van der Waals surface area contributed by atoms with Crippen LogP contribution in [-0.2, 0) is 20.9 Å². The molecule has 0 saturated carbocycles. The van der Waals surface area contributed by atoms with E-state index in [0.717, 1.165) is 0 Å². The van der Waals surface area contributed by atoms with E-state index in [1.807, 2.05) is 0 Å². The van der Waals surface area contributed by atoms with Crippen LogP contribution in [0.15, 0.2) is 41.0 Å². The number of carboxylic acid groups (broad SMARTS) is 1. The van der Waals surface area contributed by atoms with E-state index < -0.39 is 30.1 Å². The Kier molecular flexibility index (Phi) is 10.1. The monoisotopic (exact) mass is 552 g/mol. The van der Waals surface area contributed by atoms with Gasteiger partial charge in [-0.1, -0.05) is 23.2 Å². The number of carbonyl (C=O) groups is 4. The third-order valence-electron chi connectivity index (χ3n) is 5.50. The lowest BCUT2D eigenvalue weighted by atomic mass is 10.1. The fourth-order valence-corrected chi connectivity index (χ4v) is 4.31. The number of furan rings is 1. The minimum atomic E-state index is -1.32. The van der Waals surface area contributed by atoms with Crippen LogP contribution >= 0.6 is 23.2 Å². The lowest BCUT2D eigenvalue weighted by Gasteiger charge is -2.17. The number of aliphatic hydroxyl groups excluding tert-OH is 1. The van der Waals surface area contributed by atoms with Crippen molar-refractivity contribution in [2.24, 2.45) is 0 Å². The van der Waals surface area contributed by atoms with Crippen molar-refractivity contribution in [2.75, 3.05) is 13.1 Å². The molecule has 2 heterocycles. The van der Waals surface area contributed by atoms with Gasteiger partial charge in [0.15, 0.2) is 0 Å². The standard InChI is InChI=1S/C24H26Cl2N4O7/c25-16-8-13(11-29-20(32)4-3-15-2-1-7-37-15)9-17(26)21(16)23(34)30-18(24(35)36)5-6-27-22(33)19-10-14(31)12-28-19/h1-4,7-9,14,18-19,28,31H,5-6,10-12H2,(H,27,33)(H,29,32)(H,30,34)(H,35,36)/b4-3+/t14-,18-,19-/m0/s1. The molecule has 11 nitrogen and oxygen atoms in total. The fourth-order valence-electron chi connectivity index (χ4n) is 3.60. The third kappa shape index (κ3) is 8.32. The number of aliphatic hydroxyl groups is 1. The average Bonchev–Trinajstić information content (AvgIpc) is 3.52. The first-order valence-corrected chi connectivity index (χ1v) is 12.1. The second-order valence-electron chi connectivity index (χ2n) is 8.30. The summed E-state index contributed by atoms with van der Waals surface area (Å²) in [4.78, 5) is 48.5. The summed E-state index contributed by atoms with van der Waals surface area (Å²) in [6.07, 6.45) is 3.85. The molecule has 13 heteroatoms. The smallest absolute Gasteiger partial charge is 0.326 e. The van der Waals surface area contributed by atoms with E-state index in [-0.39, 0.29) is 53.4 Å². The molecule has 1 saturated heterocycles. The molecule has 0 bridgehead atoms. The van der Waals surface area contributed by atoms with Crippen molar-refractivity contribution in [3.05, 3.63) is 63.5 Å². The molecule has 37 heavy (non-hydrogen) atoms. The maximum Gasteiger partial charge on any atom is 0.326 e. The molecule has 0 unspecified atom stereocenters. The van der Waals surface area contributed by atoms with Gasteiger partial charge in [0.05, 0.1) is 34.0 Å². The van der Waals surface area contributed by atoms with Gasteiger partial charge in [-0.15, -0.1) is 0 Å². The molecule has 6 N–H and O–H groups in total. The lowest BCUT2D eigenvalue weighted by molar-refractivity contribution is -0.139. The Hall–Kier alpha value is -3.38. The first kappa shape index (κ1) is 28.2. The van der Waals surface area contributed by atoms with Gasteiger partial charge >= 0.3 is 5.97 Å². The number of nitrogens with one attached hydrogen (secondary N) is 4. The molecular formula is C24H26Cl2N4O7. The highest BCUT2D eigenvalue weighted by molar-refractivity contribution is 6.39.